The maximum Gasteiger partial charge on any atom is 0.217 e. The molecule has 23 heavy (non-hydrogen) atoms. The molecule has 0 amide bonds. The molecule has 1 aromatic heterocycles. The van der Waals surface area contributed by atoms with Gasteiger partial charge in [0.1, 0.15) is 5.69 Å². The van der Waals surface area contributed by atoms with Crippen LogP contribution in [0, 0.1) is 0 Å². The third-order valence-corrected chi connectivity index (χ3v) is 4.20. The Kier molecular flexibility index (Phi) is 3.42. The number of nitrogens with zero attached hydrogens (tertiary/aromatic N) is 3. The molecular weight excluding hydrogens is 288 g/mol. The Morgan fingerprint density at radius 1 is 1.26 bits per heavy atom. The maximum atomic E-state index is 5.95. The van der Waals surface area contributed by atoms with Crippen LogP contribution >= 0.6 is 0 Å². The molecule has 1 atom stereocenters. The number of hydrogen-bond acceptors (Lipinski definition) is 5. The summed E-state index contributed by atoms with van der Waals surface area (Å²) in [7, 11) is 0. The predicted octanol–water partition coefficient (Wildman–Crippen LogP) is 2.15. The normalized spacial score (nSPS) is 19.4. The lowest BCUT2D eigenvalue weighted by molar-refractivity contribution is 0.567. The second kappa shape index (κ2) is 5.72. The molecule has 0 bridgehead atoms. The number of guanidine groups is 1. The topological polar surface area (TPSA) is 87.7 Å². The van der Waals surface area contributed by atoms with Crippen molar-refractivity contribution >= 4 is 17.5 Å². The Bertz CT molecular complexity index is 781. The number of hydrazone groups is 1. The first-order chi connectivity index (χ1) is 11.3. The Hall–Kier alpha value is -2.89. The first kappa shape index (κ1) is 13.8. The molecule has 2 aliphatic rings. The van der Waals surface area contributed by atoms with Gasteiger partial charge in [-0.05, 0) is 43.0 Å². The van der Waals surface area contributed by atoms with Gasteiger partial charge < -0.3 is 11.1 Å². The van der Waals surface area contributed by atoms with Crippen LogP contribution in [0.3, 0.4) is 0 Å². The summed E-state index contributed by atoms with van der Waals surface area (Å²) in [5, 5.41) is 7.49. The van der Waals surface area contributed by atoms with Gasteiger partial charge in [0.25, 0.3) is 0 Å². The van der Waals surface area contributed by atoms with Crippen LogP contribution in [-0.2, 0) is 6.42 Å². The molecule has 1 aliphatic heterocycles. The molecule has 6 heteroatoms. The van der Waals surface area contributed by atoms with Crippen molar-refractivity contribution in [1.82, 2.24) is 10.4 Å². The number of amidine groups is 1. The van der Waals surface area contributed by atoms with Gasteiger partial charge in [0.15, 0.2) is 5.84 Å². The summed E-state index contributed by atoms with van der Waals surface area (Å²) >= 11 is 0. The number of hydrogen-bond donors (Lipinski definition) is 3. The second-order valence-corrected chi connectivity index (χ2v) is 5.71. The molecule has 6 nitrogen and oxygen atoms in total. The van der Waals surface area contributed by atoms with Gasteiger partial charge in [0, 0.05) is 17.4 Å². The molecule has 4 rings (SSSR count). The Balaban J connectivity index is 1.57. The van der Waals surface area contributed by atoms with E-state index in [1.54, 1.807) is 6.20 Å². The number of aromatic nitrogens is 1. The van der Waals surface area contributed by atoms with Crippen LogP contribution in [0.4, 0.5) is 5.69 Å². The molecule has 0 radical (unpaired) electrons. The summed E-state index contributed by atoms with van der Waals surface area (Å²) in [5.41, 5.74) is 13.3. The summed E-state index contributed by atoms with van der Waals surface area (Å²) in [6, 6.07) is 12.1. The fourth-order valence-corrected chi connectivity index (χ4v) is 3.15. The molecule has 2 heterocycles. The fraction of sp³-hybridized carbons (Fsp3) is 0.235. The predicted molar refractivity (Wildman–Crippen MR) is 91.3 cm³/mol. The van der Waals surface area contributed by atoms with Gasteiger partial charge in [-0.15, -0.1) is 0 Å². The average Bonchev–Trinajstić information content (AvgIpc) is 2.61. The van der Waals surface area contributed by atoms with E-state index in [4.69, 9.17) is 10.7 Å². The Morgan fingerprint density at radius 2 is 2.22 bits per heavy atom. The highest BCUT2D eigenvalue weighted by Gasteiger charge is 2.26. The van der Waals surface area contributed by atoms with E-state index >= 15 is 0 Å². The zero-order valence-corrected chi connectivity index (χ0v) is 12.7. The van der Waals surface area contributed by atoms with Crippen LogP contribution in [0.15, 0.2) is 52.7 Å². The van der Waals surface area contributed by atoms with Gasteiger partial charge in [-0.25, -0.2) is 10.4 Å². The molecule has 0 saturated heterocycles. The van der Waals surface area contributed by atoms with Crippen LogP contribution in [0.5, 0.6) is 0 Å². The van der Waals surface area contributed by atoms with E-state index in [1.807, 2.05) is 18.2 Å². The minimum Gasteiger partial charge on any atom is -0.380 e. The molecule has 0 unspecified atom stereocenters. The molecule has 4 N–H and O–H groups in total. The monoisotopic (exact) mass is 306 g/mol. The van der Waals surface area contributed by atoms with Crippen molar-refractivity contribution in [2.75, 3.05) is 5.32 Å². The van der Waals surface area contributed by atoms with Crippen molar-refractivity contribution < 1.29 is 0 Å². The van der Waals surface area contributed by atoms with Gasteiger partial charge in [-0.3, -0.25) is 4.98 Å². The molecule has 1 aliphatic carbocycles. The zero-order chi connectivity index (χ0) is 15.6. The van der Waals surface area contributed by atoms with Gasteiger partial charge in [-0.2, -0.15) is 5.10 Å². The largest absolute Gasteiger partial charge is 0.380 e. The highest BCUT2D eigenvalue weighted by molar-refractivity contribution is 5.99. The van der Waals surface area contributed by atoms with E-state index in [9.17, 15) is 0 Å². The molecule has 1 aromatic carbocycles. The maximum absolute atomic E-state index is 5.95. The number of benzene rings is 1. The first-order valence-corrected chi connectivity index (χ1v) is 7.78. The summed E-state index contributed by atoms with van der Waals surface area (Å²) < 4.78 is 0. The molecule has 0 saturated carbocycles. The Labute approximate surface area is 134 Å². The zero-order valence-electron chi connectivity index (χ0n) is 12.7. The second-order valence-electron chi connectivity index (χ2n) is 5.71. The van der Waals surface area contributed by atoms with E-state index in [0.29, 0.717) is 17.5 Å². The van der Waals surface area contributed by atoms with E-state index in [1.165, 1.54) is 11.1 Å². The van der Waals surface area contributed by atoms with Crippen molar-refractivity contribution in [3.63, 3.8) is 0 Å². The third-order valence-electron chi connectivity index (χ3n) is 4.20. The molecule has 0 spiro atoms. The highest BCUT2D eigenvalue weighted by atomic mass is 15.4. The van der Waals surface area contributed by atoms with Crippen LogP contribution in [0.1, 0.15) is 35.7 Å². The van der Waals surface area contributed by atoms with Gasteiger partial charge in [-0.1, -0.05) is 18.2 Å². The van der Waals surface area contributed by atoms with Crippen molar-refractivity contribution in [3.05, 3.63) is 59.4 Å². The molecule has 116 valence electrons. The Morgan fingerprint density at radius 3 is 3.09 bits per heavy atom. The van der Waals surface area contributed by atoms with Crippen molar-refractivity contribution in [1.29, 1.82) is 0 Å². The van der Waals surface area contributed by atoms with E-state index < -0.39 is 0 Å². The van der Waals surface area contributed by atoms with Crippen LogP contribution in [0.25, 0.3) is 0 Å². The smallest absolute Gasteiger partial charge is 0.217 e. The molecule has 2 aromatic rings. The first-order valence-electron chi connectivity index (χ1n) is 7.78. The quantitative estimate of drug-likeness (QED) is 0.451. The lowest BCUT2D eigenvalue weighted by Crippen LogP contribution is -2.34. The fourth-order valence-electron chi connectivity index (χ4n) is 3.15. The number of nitrogens with one attached hydrogen (secondary N) is 2. The minimum atomic E-state index is 0.199. The highest BCUT2D eigenvalue weighted by Crippen LogP contribution is 2.39. The molecular formula is C17H18N6. The van der Waals surface area contributed by atoms with Crippen LogP contribution in [-0.4, -0.2) is 16.8 Å². The van der Waals surface area contributed by atoms with Crippen LogP contribution in [0.2, 0.25) is 0 Å². The number of nitrogens with two attached hydrogens (primary N) is 1. The summed E-state index contributed by atoms with van der Waals surface area (Å²) in [4.78, 5) is 8.90. The number of pyridine rings is 1. The van der Waals surface area contributed by atoms with Crippen molar-refractivity contribution in [2.24, 2.45) is 15.8 Å². The van der Waals surface area contributed by atoms with Gasteiger partial charge in [0.05, 0.1) is 6.04 Å². The van der Waals surface area contributed by atoms with Gasteiger partial charge >= 0.3 is 0 Å². The summed E-state index contributed by atoms with van der Waals surface area (Å²) in [6.45, 7) is 0. The number of aliphatic imine (C=N–C) groups is 1. The number of rotatable bonds is 2. The summed E-state index contributed by atoms with van der Waals surface area (Å²) in [6.07, 6.45) is 5.05. The van der Waals surface area contributed by atoms with Crippen molar-refractivity contribution in [3.8, 4) is 0 Å². The van der Waals surface area contributed by atoms with Crippen molar-refractivity contribution in [2.45, 2.75) is 25.3 Å². The number of aryl methyl sites for hydroxylation is 1. The lowest BCUT2D eigenvalue weighted by Gasteiger charge is -2.30. The van der Waals surface area contributed by atoms with E-state index in [-0.39, 0.29) is 6.04 Å². The lowest BCUT2D eigenvalue weighted by atomic mass is 9.86. The molecule has 0 fully saturated rings. The standard InChI is InChI=1S/C17H18N6/c18-16(14-7-1-2-10-19-14)22-23-17-20-12-8-3-5-11-6-4-9-13(21-17)15(11)12/h1-3,5,7-8,10,13H,4,6,9H2,(H2,18,22)(H2,20,21,23)/t13-/m0/s1. The number of anilines is 1. The third kappa shape index (κ3) is 2.63. The average molecular weight is 306 g/mol. The van der Waals surface area contributed by atoms with Crippen LogP contribution < -0.4 is 16.5 Å². The SMILES string of the molecule is NC(=NNC1=N[C@H]2CCCc3cccc(c32)N1)c1ccccn1. The summed E-state index contributed by atoms with van der Waals surface area (Å²) in [5.74, 6) is 0.957. The van der Waals surface area contributed by atoms with E-state index in [2.05, 4.69) is 39.0 Å². The minimum absolute atomic E-state index is 0.199. The van der Waals surface area contributed by atoms with E-state index in [0.717, 1.165) is 24.9 Å². The van der Waals surface area contributed by atoms with Gasteiger partial charge in [0.2, 0.25) is 5.96 Å².